The smallest absolute Gasteiger partial charge is 0.295 e. The minimum Gasteiger partial charge on any atom is -0.507 e. The van der Waals surface area contributed by atoms with E-state index in [-0.39, 0.29) is 16.9 Å². The van der Waals surface area contributed by atoms with E-state index < -0.39 is 23.5 Å². The molecule has 2 aliphatic heterocycles. The van der Waals surface area contributed by atoms with E-state index in [2.05, 4.69) is 4.90 Å². The van der Waals surface area contributed by atoms with Crippen molar-refractivity contribution in [3.8, 4) is 5.75 Å². The predicted octanol–water partition coefficient (Wildman–Crippen LogP) is 2.59. The number of Topliss-reactive ketones (excluding diaryl/α,β-unsaturated/α-hetero) is 1. The van der Waals surface area contributed by atoms with Gasteiger partial charge >= 0.3 is 0 Å². The molecule has 32 heavy (non-hydrogen) atoms. The fourth-order valence-electron chi connectivity index (χ4n) is 4.08. The van der Waals surface area contributed by atoms with Gasteiger partial charge in [0.1, 0.15) is 17.3 Å². The molecule has 1 amide bonds. The van der Waals surface area contributed by atoms with Crippen molar-refractivity contribution in [1.29, 1.82) is 0 Å². The number of amides is 1. The van der Waals surface area contributed by atoms with Crippen LogP contribution in [-0.2, 0) is 14.3 Å². The van der Waals surface area contributed by atoms with Crippen LogP contribution in [0.25, 0.3) is 5.76 Å². The highest BCUT2D eigenvalue weighted by molar-refractivity contribution is 6.46. The Morgan fingerprint density at radius 2 is 1.72 bits per heavy atom. The second-order valence-electron chi connectivity index (χ2n) is 7.73. The van der Waals surface area contributed by atoms with Crippen molar-refractivity contribution in [2.75, 3.05) is 46.5 Å². The normalized spacial score (nSPS) is 21.2. The lowest BCUT2D eigenvalue weighted by molar-refractivity contribution is -0.140. The topological polar surface area (TPSA) is 79.3 Å². The Bertz CT molecular complexity index is 1010. The lowest BCUT2D eigenvalue weighted by Gasteiger charge is -2.31. The van der Waals surface area contributed by atoms with E-state index in [4.69, 9.17) is 9.47 Å². The number of rotatable bonds is 6. The van der Waals surface area contributed by atoms with Crippen molar-refractivity contribution in [1.82, 2.24) is 9.80 Å². The molecular weight excluding hydrogens is 415 g/mol. The molecule has 2 aromatic carbocycles. The van der Waals surface area contributed by atoms with Crippen molar-refractivity contribution in [3.63, 3.8) is 0 Å². The van der Waals surface area contributed by atoms with Crippen molar-refractivity contribution >= 4 is 17.4 Å². The monoisotopic (exact) mass is 440 g/mol. The second-order valence-corrected chi connectivity index (χ2v) is 7.73. The second kappa shape index (κ2) is 9.50. The van der Waals surface area contributed by atoms with E-state index in [1.165, 1.54) is 29.2 Å². The highest BCUT2D eigenvalue weighted by atomic mass is 19.1. The SMILES string of the molecule is COc1ccc([C@H]2C(=C(O)c3ccc(F)cc3)C(=O)C(=O)N2CCN2CCOCC2)cc1. The number of carbonyl (C=O) groups excluding carboxylic acids is 2. The van der Waals surface area contributed by atoms with E-state index >= 15 is 0 Å². The number of halogens is 1. The van der Waals surface area contributed by atoms with Gasteiger partial charge in [0.05, 0.1) is 31.9 Å². The molecule has 0 aromatic heterocycles. The van der Waals surface area contributed by atoms with Crippen LogP contribution in [0.2, 0.25) is 0 Å². The van der Waals surface area contributed by atoms with Gasteiger partial charge in [0, 0.05) is 31.7 Å². The molecule has 2 heterocycles. The first-order valence-corrected chi connectivity index (χ1v) is 10.5. The molecular formula is C24H25FN2O5. The third-order valence-electron chi connectivity index (χ3n) is 5.85. The molecule has 4 rings (SSSR count). The summed E-state index contributed by atoms with van der Waals surface area (Å²) >= 11 is 0. The summed E-state index contributed by atoms with van der Waals surface area (Å²) in [7, 11) is 1.55. The number of hydrogen-bond donors (Lipinski definition) is 1. The third-order valence-corrected chi connectivity index (χ3v) is 5.85. The van der Waals surface area contributed by atoms with E-state index in [9.17, 15) is 19.1 Å². The van der Waals surface area contributed by atoms with Crippen LogP contribution in [0.4, 0.5) is 4.39 Å². The number of morpholine rings is 1. The number of ether oxygens (including phenoxy) is 2. The minimum absolute atomic E-state index is 0.00578. The number of methoxy groups -OCH3 is 1. The average Bonchev–Trinajstić information content (AvgIpc) is 3.08. The molecule has 2 saturated heterocycles. The standard InChI is InChI=1S/C24H25FN2O5/c1-31-19-8-4-16(5-9-19)21-20(22(28)17-2-6-18(25)7-3-17)23(29)24(30)27(21)11-10-26-12-14-32-15-13-26/h2-9,21,28H,10-15H2,1H3/t21-/m0/s1. The van der Waals surface area contributed by atoms with Crippen LogP contribution < -0.4 is 4.74 Å². The number of benzene rings is 2. The minimum atomic E-state index is -0.757. The summed E-state index contributed by atoms with van der Waals surface area (Å²) < 4.78 is 24.0. The molecule has 8 heteroatoms. The number of aliphatic hydroxyl groups excluding tert-OH is 1. The number of nitrogens with zero attached hydrogens (tertiary/aromatic N) is 2. The van der Waals surface area contributed by atoms with Crippen molar-refractivity contribution in [2.45, 2.75) is 6.04 Å². The average molecular weight is 440 g/mol. The number of likely N-dealkylation sites (tertiary alicyclic amines) is 1. The summed E-state index contributed by atoms with van der Waals surface area (Å²) in [4.78, 5) is 29.7. The zero-order chi connectivity index (χ0) is 22.7. The zero-order valence-corrected chi connectivity index (χ0v) is 17.8. The number of aliphatic hydroxyl groups is 1. The van der Waals surface area contributed by atoms with Crippen LogP contribution in [0, 0.1) is 5.82 Å². The molecule has 168 valence electrons. The van der Waals surface area contributed by atoms with Gasteiger partial charge in [-0.25, -0.2) is 4.39 Å². The maximum atomic E-state index is 13.4. The number of hydrogen-bond acceptors (Lipinski definition) is 6. The molecule has 0 radical (unpaired) electrons. The molecule has 1 N–H and O–H groups in total. The van der Waals surface area contributed by atoms with E-state index in [1.807, 2.05) is 0 Å². The van der Waals surface area contributed by atoms with Crippen LogP contribution in [0.3, 0.4) is 0 Å². The number of carbonyl (C=O) groups is 2. The molecule has 0 aliphatic carbocycles. The fraction of sp³-hybridized carbons (Fsp3) is 0.333. The summed E-state index contributed by atoms with van der Waals surface area (Å²) in [6, 6.07) is 11.5. The summed E-state index contributed by atoms with van der Waals surface area (Å²) in [5, 5.41) is 11.0. The Hall–Kier alpha value is -3.23. The maximum absolute atomic E-state index is 13.4. The van der Waals surface area contributed by atoms with Gasteiger partial charge in [-0.15, -0.1) is 0 Å². The van der Waals surface area contributed by atoms with Crippen LogP contribution in [0.15, 0.2) is 54.1 Å². The molecule has 2 fully saturated rings. The predicted molar refractivity (Wildman–Crippen MR) is 116 cm³/mol. The van der Waals surface area contributed by atoms with Gasteiger partial charge < -0.3 is 19.5 Å². The highest BCUT2D eigenvalue weighted by Gasteiger charge is 2.46. The first-order chi connectivity index (χ1) is 15.5. The number of ketones is 1. The van der Waals surface area contributed by atoms with Gasteiger partial charge in [-0.2, -0.15) is 0 Å². The van der Waals surface area contributed by atoms with Gasteiger partial charge in [0.15, 0.2) is 0 Å². The molecule has 2 aromatic rings. The maximum Gasteiger partial charge on any atom is 0.295 e. The van der Waals surface area contributed by atoms with Crippen LogP contribution in [0.5, 0.6) is 5.75 Å². The zero-order valence-electron chi connectivity index (χ0n) is 17.8. The van der Waals surface area contributed by atoms with Crippen LogP contribution >= 0.6 is 0 Å². The molecule has 2 aliphatic rings. The van der Waals surface area contributed by atoms with Gasteiger partial charge in [-0.05, 0) is 42.0 Å². The first-order valence-electron chi connectivity index (χ1n) is 10.5. The summed E-state index contributed by atoms with van der Waals surface area (Å²) in [5.41, 5.74) is 0.945. The molecule has 0 spiro atoms. The van der Waals surface area contributed by atoms with Crippen molar-refractivity contribution in [2.24, 2.45) is 0 Å². The molecule has 0 saturated carbocycles. The Morgan fingerprint density at radius 1 is 1.06 bits per heavy atom. The highest BCUT2D eigenvalue weighted by Crippen LogP contribution is 2.39. The lowest BCUT2D eigenvalue weighted by Crippen LogP contribution is -2.42. The Labute approximate surface area is 185 Å². The molecule has 0 bridgehead atoms. The van der Waals surface area contributed by atoms with E-state index in [1.54, 1.807) is 31.4 Å². The van der Waals surface area contributed by atoms with Gasteiger partial charge in [-0.3, -0.25) is 14.5 Å². The summed E-state index contributed by atoms with van der Waals surface area (Å²) in [6.07, 6.45) is 0. The van der Waals surface area contributed by atoms with Crippen LogP contribution in [-0.4, -0.2) is 73.1 Å². The lowest BCUT2D eigenvalue weighted by atomic mass is 9.95. The Kier molecular flexibility index (Phi) is 6.53. The van der Waals surface area contributed by atoms with Crippen molar-refractivity contribution in [3.05, 3.63) is 71.0 Å². The summed E-state index contributed by atoms with van der Waals surface area (Å²) in [5.74, 6) is -1.56. The van der Waals surface area contributed by atoms with E-state index in [0.717, 1.165) is 13.1 Å². The Balaban J connectivity index is 1.72. The largest absolute Gasteiger partial charge is 0.507 e. The first kappa shape index (κ1) is 22.0. The van der Waals surface area contributed by atoms with Gasteiger partial charge in [0.25, 0.3) is 11.7 Å². The van der Waals surface area contributed by atoms with Gasteiger partial charge in [0.2, 0.25) is 0 Å². The van der Waals surface area contributed by atoms with Crippen LogP contribution in [0.1, 0.15) is 17.2 Å². The van der Waals surface area contributed by atoms with E-state index in [0.29, 0.717) is 37.6 Å². The Morgan fingerprint density at radius 3 is 2.34 bits per heavy atom. The molecule has 7 nitrogen and oxygen atoms in total. The van der Waals surface area contributed by atoms with Crippen molar-refractivity contribution < 1.29 is 28.6 Å². The van der Waals surface area contributed by atoms with Gasteiger partial charge in [-0.1, -0.05) is 12.1 Å². The molecule has 0 unspecified atom stereocenters. The quantitative estimate of drug-likeness (QED) is 0.423. The fourth-order valence-corrected chi connectivity index (χ4v) is 4.08. The molecule has 1 atom stereocenters. The summed E-state index contributed by atoms with van der Waals surface area (Å²) in [6.45, 7) is 3.68. The third kappa shape index (κ3) is 4.37.